The summed E-state index contributed by atoms with van der Waals surface area (Å²) in [5, 5.41) is 0.278. The van der Waals surface area contributed by atoms with E-state index in [-0.39, 0.29) is 10.9 Å². The molecule has 1 saturated carbocycles. The number of fused-ring (bicyclic) bond motifs is 1. The van der Waals surface area contributed by atoms with E-state index in [1.165, 1.54) is 37.4 Å². The zero-order valence-electron chi connectivity index (χ0n) is 15.0. The van der Waals surface area contributed by atoms with Gasteiger partial charge in [0.1, 0.15) is 0 Å². The Bertz CT molecular complexity index is 817. The van der Waals surface area contributed by atoms with Crippen molar-refractivity contribution in [1.29, 1.82) is 0 Å². The van der Waals surface area contributed by atoms with Crippen LogP contribution in [-0.2, 0) is 11.2 Å². The minimum absolute atomic E-state index is 0.259. The Balaban J connectivity index is 1.37. The molecule has 134 valence electrons. The fourth-order valence-electron chi connectivity index (χ4n) is 4.15. The molecule has 0 aliphatic heterocycles. The summed E-state index contributed by atoms with van der Waals surface area (Å²) in [6.07, 6.45) is 8.52. The molecule has 3 heteroatoms. The Morgan fingerprint density at radius 1 is 0.962 bits per heavy atom. The Kier molecular flexibility index (Phi) is 5.26. The molecule has 2 nitrogen and oxygen atoms in total. The third-order valence-corrected chi connectivity index (χ3v) is 6.62. The number of carbonyl (C=O) groups excluding carboxylic acids is 2. The number of ketones is 1. The molecule has 26 heavy (non-hydrogen) atoms. The molecule has 4 rings (SSSR count). The van der Waals surface area contributed by atoms with Crippen molar-refractivity contribution in [2.45, 2.75) is 56.3 Å². The Morgan fingerprint density at radius 2 is 1.69 bits per heavy atom. The molecule has 0 aromatic heterocycles. The lowest BCUT2D eigenvalue weighted by Crippen LogP contribution is -1.98. The Hall–Kier alpha value is -1.87. The zero-order valence-corrected chi connectivity index (χ0v) is 15.8. The van der Waals surface area contributed by atoms with Gasteiger partial charge in [-0.25, -0.2) is 0 Å². The molecule has 0 spiro atoms. The molecule has 0 saturated heterocycles. The van der Waals surface area contributed by atoms with Crippen molar-refractivity contribution in [3.63, 3.8) is 0 Å². The van der Waals surface area contributed by atoms with Gasteiger partial charge in [-0.2, -0.15) is 0 Å². The van der Waals surface area contributed by atoms with Gasteiger partial charge in [-0.3, -0.25) is 9.59 Å². The first kappa shape index (κ1) is 17.5. The number of hydrogen-bond donors (Lipinski definition) is 0. The summed E-state index contributed by atoms with van der Waals surface area (Å²) in [6.45, 7) is 0. The van der Waals surface area contributed by atoms with Crippen LogP contribution in [0.5, 0.6) is 0 Å². The largest absolute Gasteiger partial charge is 0.294 e. The standard InChI is InChI=1S/C23H24O2S/c24-22-13-9-19-15-18(8-12-21(19)22)17-6-10-20(11-7-17)26-23(25)14-5-16-3-1-2-4-16/h6-8,10-12,15-16H,1-5,9,13-14H2. The van der Waals surface area contributed by atoms with Gasteiger partial charge in [-0.1, -0.05) is 67.8 Å². The van der Waals surface area contributed by atoms with Crippen LogP contribution in [0, 0.1) is 5.92 Å². The number of carbonyl (C=O) groups is 2. The van der Waals surface area contributed by atoms with Crippen LogP contribution in [0.1, 0.15) is 60.9 Å². The van der Waals surface area contributed by atoms with Crippen molar-refractivity contribution in [3.8, 4) is 11.1 Å². The highest BCUT2D eigenvalue weighted by Gasteiger charge is 2.19. The van der Waals surface area contributed by atoms with Gasteiger partial charge >= 0.3 is 0 Å². The van der Waals surface area contributed by atoms with Gasteiger partial charge in [0.05, 0.1) is 0 Å². The fourth-order valence-corrected chi connectivity index (χ4v) is 4.91. The van der Waals surface area contributed by atoms with Crippen molar-refractivity contribution in [2.75, 3.05) is 0 Å². The highest BCUT2D eigenvalue weighted by Crippen LogP contribution is 2.32. The van der Waals surface area contributed by atoms with Gasteiger partial charge < -0.3 is 0 Å². The Morgan fingerprint density at radius 3 is 2.46 bits per heavy atom. The van der Waals surface area contributed by atoms with E-state index in [0.717, 1.165) is 45.9 Å². The van der Waals surface area contributed by atoms with Crippen molar-refractivity contribution in [2.24, 2.45) is 5.92 Å². The molecule has 0 unspecified atom stereocenters. The minimum Gasteiger partial charge on any atom is -0.294 e. The number of Topliss-reactive ketones (excluding diaryl/α,β-unsaturated/α-hetero) is 1. The number of benzene rings is 2. The van der Waals surface area contributed by atoms with Crippen LogP contribution in [-0.4, -0.2) is 10.9 Å². The van der Waals surface area contributed by atoms with Crippen molar-refractivity contribution in [1.82, 2.24) is 0 Å². The van der Waals surface area contributed by atoms with Crippen LogP contribution in [0.15, 0.2) is 47.4 Å². The maximum atomic E-state index is 12.2. The smallest absolute Gasteiger partial charge is 0.193 e. The number of aryl methyl sites for hydroxylation is 1. The molecule has 2 aliphatic rings. The van der Waals surface area contributed by atoms with Gasteiger partial charge in [0.2, 0.25) is 0 Å². The average molecular weight is 365 g/mol. The summed E-state index contributed by atoms with van der Waals surface area (Å²) in [7, 11) is 0. The second-order valence-corrected chi connectivity index (χ2v) is 8.61. The molecule has 0 radical (unpaired) electrons. The van der Waals surface area contributed by atoms with Crippen LogP contribution in [0.2, 0.25) is 0 Å². The average Bonchev–Trinajstić information content (AvgIpc) is 3.30. The number of rotatable bonds is 5. The van der Waals surface area contributed by atoms with E-state index >= 15 is 0 Å². The highest BCUT2D eigenvalue weighted by molar-refractivity contribution is 8.13. The van der Waals surface area contributed by atoms with E-state index < -0.39 is 0 Å². The molecule has 0 heterocycles. The zero-order chi connectivity index (χ0) is 17.9. The summed E-state index contributed by atoms with van der Waals surface area (Å²) in [6, 6.07) is 14.3. The summed E-state index contributed by atoms with van der Waals surface area (Å²) in [4.78, 5) is 25.0. The topological polar surface area (TPSA) is 34.1 Å². The van der Waals surface area contributed by atoms with Crippen LogP contribution in [0.4, 0.5) is 0 Å². The van der Waals surface area contributed by atoms with E-state index in [0.29, 0.717) is 12.8 Å². The van der Waals surface area contributed by atoms with E-state index in [1.807, 2.05) is 24.3 Å². The summed E-state index contributed by atoms with van der Waals surface area (Å²) in [5.41, 5.74) is 4.32. The SMILES string of the molecule is O=C(CCC1CCCC1)Sc1ccc(-c2ccc3c(c2)CCC3=O)cc1. The van der Waals surface area contributed by atoms with Crippen molar-refractivity contribution in [3.05, 3.63) is 53.6 Å². The first-order chi connectivity index (χ1) is 12.7. The molecular formula is C23H24O2S. The molecular weight excluding hydrogens is 340 g/mol. The highest BCUT2D eigenvalue weighted by atomic mass is 32.2. The molecule has 1 fully saturated rings. The minimum atomic E-state index is 0.259. The molecule has 0 N–H and O–H groups in total. The molecule has 0 amide bonds. The maximum Gasteiger partial charge on any atom is 0.193 e. The normalized spacial score (nSPS) is 16.8. The second kappa shape index (κ2) is 7.79. The molecule has 0 bridgehead atoms. The maximum absolute atomic E-state index is 12.2. The van der Waals surface area contributed by atoms with Gasteiger partial charge in [0.25, 0.3) is 0 Å². The van der Waals surface area contributed by atoms with E-state index in [1.54, 1.807) is 0 Å². The fraction of sp³-hybridized carbons (Fsp3) is 0.391. The first-order valence-corrected chi connectivity index (χ1v) is 10.5. The first-order valence-electron chi connectivity index (χ1n) is 9.66. The quantitative estimate of drug-likeness (QED) is 0.604. The monoisotopic (exact) mass is 364 g/mol. The van der Waals surface area contributed by atoms with Crippen LogP contribution in [0.25, 0.3) is 11.1 Å². The van der Waals surface area contributed by atoms with E-state index in [2.05, 4.69) is 18.2 Å². The van der Waals surface area contributed by atoms with Crippen LogP contribution < -0.4 is 0 Å². The molecule has 2 aliphatic carbocycles. The van der Waals surface area contributed by atoms with Crippen LogP contribution in [0.3, 0.4) is 0 Å². The summed E-state index contributed by atoms with van der Waals surface area (Å²) in [5.74, 6) is 1.03. The molecule has 2 aromatic rings. The lowest BCUT2D eigenvalue weighted by molar-refractivity contribution is -0.111. The van der Waals surface area contributed by atoms with Crippen molar-refractivity contribution < 1.29 is 9.59 Å². The second-order valence-electron chi connectivity index (χ2n) is 7.48. The van der Waals surface area contributed by atoms with Gasteiger partial charge in [0, 0.05) is 23.3 Å². The Labute approximate surface area is 159 Å². The molecule has 2 aromatic carbocycles. The van der Waals surface area contributed by atoms with Gasteiger partial charge in [-0.15, -0.1) is 0 Å². The van der Waals surface area contributed by atoms with E-state index in [9.17, 15) is 9.59 Å². The molecule has 0 atom stereocenters. The third-order valence-electron chi connectivity index (χ3n) is 5.68. The van der Waals surface area contributed by atoms with Crippen molar-refractivity contribution >= 4 is 22.7 Å². The lowest BCUT2D eigenvalue weighted by atomic mass is 10.0. The van der Waals surface area contributed by atoms with E-state index in [4.69, 9.17) is 0 Å². The third kappa shape index (κ3) is 3.93. The predicted octanol–water partition coefficient (Wildman–Crippen LogP) is 6.07. The predicted molar refractivity (Wildman–Crippen MR) is 107 cm³/mol. The van der Waals surface area contributed by atoms with Gasteiger partial charge in [0.15, 0.2) is 10.9 Å². The van der Waals surface area contributed by atoms with Crippen LogP contribution >= 0.6 is 11.8 Å². The summed E-state index contributed by atoms with van der Waals surface area (Å²) >= 11 is 1.37. The number of hydrogen-bond acceptors (Lipinski definition) is 3. The lowest BCUT2D eigenvalue weighted by Gasteiger charge is -2.08. The summed E-state index contributed by atoms with van der Waals surface area (Å²) < 4.78 is 0. The van der Waals surface area contributed by atoms with Gasteiger partial charge in [-0.05, 0) is 47.6 Å². The number of thioether (sulfide) groups is 1.